The first kappa shape index (κ1) is 15.5. The van der Waals surface area contributed by atoms with Crippen molar-refractivity contribution < 1.29 is 0 Å². The predicted molar refractivity (Wildman–Crippen MR) is 82.1 cm³/mol. The van der Waals surface area contributed by atoms with Gasteiger partial charge in [-0.3, -0.25) is 0 Å². The third-order valence-corrected chi connectivity index (χ3v) is 3.93. The van der Waals surface area contributed by atoms with Crippen molar-refractivity contribution in [2.24, 2.45) is 5.73 Å². The number of benzene rings is 1. The average molecular weight is 266 g/mol. The number of rotatable bonds is 7. The first-order chi connectivity index (χ1) is 8.52. The maximum atomic E-state index is 5.82. The Morgan fingerprint density at radius 3 is 2.17 bits per heavy atom. The monoisotopic (exact) mass is 266 g/mol. The topological polar surface area (TPSA) is 38.0 Å². The van der Waals surface area contributed by atoms with Gasteiger partial charge in [0.2, 0.25) is 0 Å². The second-order valence-corrected chi connectivity index (χ2v) is 6.78. The van der Waals surface area contributed by atoms with Gasteiger partial charge < -0.3 is 11.1 Å². The molecule has 0 fully saturated rings. The summed E-state index contributed by atoms with van der Waals surface area (Å²) in [4.78, 5) is 1.34. The van der Waals surface area contributed by atoms with Crippen LogP contribution in [0.25, 0.3) is 0 Å². The van der Waals surface area contributed by atoms with Crippen molar-refractivity contribution in [2.45, 2.75) is 55.8 Å². The zero-order chi connectivity index (χ0) is 13.5. The SMILES string of the molecule is CNC(CCC(C)N)c1ccc(SC(C)C)cc1. The predicted octanol–water partition coefficient (Wildman–Crippen LogP) is 3.58. The van der Waals surface area contributed by atoms with Crippen LogP contribution in [0.4, 0.5) is 0 Å². The van der Waals surface area contributed by atoms with E-state index >= 15 is 0 Å². The van der Waals surface area contributed by atoms with E-state index in [1.54, 1.807) is 0 Å². The molecular formula is C15H26N2S. The summed E-state index contributed by atoms with van der Waals surface area (Å²) in [5, 5.41) is 4.00. The van der Waals surface area contributed by atoms with Gasteiger partial charge in [0, 0.05) is 22.2 Å². The minimum absolute atomic E-state index is 0.275. The molecule has 1 aromatic rings. The Labute approximate surface area is 116 Å². The standard InChI is InChI=1S/C15H26N2S/c1-11(2)18-14-8-6-13(7-9-14)15(17-4)10-5-12(3)16/h6-9,11-12,15,17H,5,10,16H2,1-4H3. The molecule has 0 saturated heterocycles. The molecule has 0 bridgehead atoms. The molecule has 0 aliphatic rings. The van der Waals surface area contributed by atoms with Gasteiger partial charge >= 0.3 is 0 Å². The van der Waals surface area contributed by atoms with E-state index < -0.39 is 0 Å². The molecule has 102 valence electrons. The highest BCUT2D eigenvalue weighted by atomic mass is 32.2. The fraction of sp³-hybridized carbons (Fsp3) is 0.600. The Kier molecular flexibility index (Phi) is 6.76. The van der Waals surface area contributed by atoms with Crippen molar-refractivity contribution >= 4 is 11.8 Å². The number of nitrogens with two attached hydrogens (primary N) is 1. The van der Waals surface area contributed by atoms with E-state index in [2.05, 4.69) is 50.4 Å². The number of thioether (sulfide) groups is 1. The molecule has 3 heteroatoms. The van der Waals surface area contributed by atoms with Crippen molar-refractivity contribution in [3.8, 4) is 0 Å². The summed E-state index contributed by atoms with van der Waals surface area (Å²) in [7, 11) is 2.02. The van der Waals surface area contributed by atoms with Crippen molar-refractivity contribution in [3.05, 3.63) is 29.8 Å². The lowest BCUT2D eigenvalue weighted by Crippen LogP contribution is -2.21. The van der Waals surface area contributed by atoms with Crippen LogP contribution in [0, 0.1) is 0 Å². The quantitative estimate of drug-likeness (QED) is 0.741. The molecule has 0 aromatic heterocycles. The van der Waals surface area contributed by atoms with Crippen molar-refractivity contribution in [3.63, 3.8) is 0 Å². The highest BCUT2D eigenvalue weighted by Gasteiger charge is 2.10. The summed E-state index contributed by atoms with van der Waals surface area (Å²) in [6.45, 7) is 6.50. The van der Waals surface area contributed by atoms with Crippen LogP contribution < -0.4 is 11.1 Å². The number of nitrogens with one attached hydrogen (secondary N) is 1. The van der Waals surface area contributed by atoms with Gasteiger partial charge in [-0.05, 0) is 44.5 Å². The summed E-state index contributed by atoms with van der Waals surface area (Å²) in [5.41, 5.74) is 7.17. The molecular weight excluding hydrogens is 240 g/mol. The molecule has 3 N–H and O–H groups in total. The van der Waals surface area contributed by atoms with E-state index in [-0.39, 0.29) is 6.04 Å². The normalized spacial score (nSPS) is 14.8. The Morgan fingerprint density at radius 1 is 1.11 bits per heavy atom. The van der Waals surface area contributed by atoms with Crippen LogP contribution in [0.5, 0.6) is 0 Å². The van der Waals surface area contributed by atoms with Crippen molar-refractivity contribution in [1.29, 1.82) is 0 Å². The lowest BCUT2D eigenvalue weighted by Gasteiger charge is -2.18. The molecule has 1 aromatic carbocycles. The molecule has 18 heavy (non-hydrogen) atoms. The molecule has 2 unspecified atom stereocenters. The molecule has 0 aliphatic heterocycles. The van der Waals surface area contributed by atoms with E-state index in [9.17, 15) is 0 Å². The van der Waals surface area contributed by atoms with Crippen LogP contribution in [-0.2, 0) is 0 Å². The van der Waals surface area contributed by atoms with Crippen LogP contribution in [0.2, 0.25) is 0 Å². The van der Waals surface area contributed by atoms with E-state index in [4.69, 9.17) is 5.73 Å². The number of hydrogen-bond donors (Lipinski definition) is 2. The van der Waals surface area contributed by atoms with Gasteiger partial charge in [0.25, 0.3) is 0 Å². The fourth-order valence-electron chi connectivity index (χ4n) is 1.96. The van der Waals surface area contributed by atoms with E-state index in [0.29, 0.717) is 11.3 Å². The zero-order valence-corrected chi connectivity index (χ0v) is 12.8. The molecule has 0 saturated carbocycles. The summed E-state index contributed by atoms with van der Waals surface area (Å²) in [6.07, 6.45) is 2.14. The van der Waals surface area contributed by atoms with Gasteiger partial charge in [0.1, 0.15) is 0 Å². The Balaban J connectivity index is 2.63. The first-order valence-electron chi connectivity index (χ1n) is 6.72. The minimum atomic E-state index is 0.275. The molecule has 1 rings (SSSR count). The van der Waals surface area contributed by atoms with E-state index in [1.165, 1.54) is 10.5 Å². The third-order valence-electron chi connectivity index (χ3n) is 2.91. The highest BCUT2D eigenvalue weighted by Crippen LogP contribution is 2.26. The van der Waals surface area contributed by atoms with Gasteiger partial charge in [0.15, 0.2) is 0 Å². The second kappa shape index (κ2) is 7.82. The summed E-state index contributed by atoms with van der Waals surface area (Å²) >= 11 is 1.90. The Bertz CT molecular complexity index is 333. The minimum Gasteiger partial charge on any atom is -0.328 e. The van der Waals surface area contributed by atoms with Crippen LogP contribution >= 0.6 is 11.8 Å². The van der Waals surface area contributed by atoms with Gasteiger partial charge in [0.05, 0.1) is 0 Å². The van der Waals surface area contributed by atoms with Crippen molar-refractivity contribution in [2.75, 3.05) is 7.05 Å². The first-order valence-corrected chi connectivity index (χ1v) is 7.60. The van der Waals surface area contributed by atoms with E-state index in [1.807, 2.05) is 18.8 Å². The summed E-state index contributed by atoms with van der Waals surface area (Å²) in [5.74, 6) is 0. The van der Waals surface area contributed by atoms with Crippen LogP contribution in [0.3, 0.4) is 0 Å². The Morgan fingerprint density at radius 2 is 1.72 bits per heavy atom. The second-order valence-electron chi connectivity index (χ2n) is 5.13. The third kappa shape index (κ3) is 5.42. The fourth-order valence-corrected chi connectivity index (χ4v) is 2.80. The molecule has 2 nitrogen and oxygen atoms in total. The smallest absolute Gasteiger partial charge is 0.0318 e. The van der Waals surface area contributed by atoms with Gasteiger partial charge in [-0.25, -0.2) is 0 Å². The molecule has 0 spiro atoms. The molecule has 2 atom stereocenters. The lowest BCUT2D eigenvalue weighted by atomic mass is 10.0. The molecule has 0 aliphatic carbocycles. The van der Waals surface area contributed by atoms with Crippen LogP contribution in [0.1, 0.15) is 45.2 Å². The largest absolute Gasteiger partial charge is 0.328 e. The maximum Gasteiger partial charge on any atom is 0.0318 e. The Hall–Kier alpha value is -0.510. The van der Waals surface area contributed by atoms with Gasteiger partial charge in [-0.1, -0.05) is 26.0 Å². The summed E-state index contributed by atoms with van der Waals surface area (Å²) in [6, 6.07) is 9.58. The van der Waals surface area contributed by atoms with Crippen LogP contribution in [-0.4, -0.2) is 18.3 Å². The van der Waals surface area contributed by atoms with Crippen LogP contribution in [0.15, 0.2) is 29.2 Å². The molecule has 0 amide bonds. The summed E-state index contributed by atoms with van der Waals surface area (Å²) < 4.78 is 0. The average Bonchev–Trinajstić information content (AvgIpc) is 2.31. The molecule has 0 radical (unpaired) electrons. The molecule has 0 heterocycles. The van der Waals surface area contributed by atoms with Crippen molar-refractivity contribution in [1.82, 2.24) is 5.32 Å². The van der Waals surface area contributed by atoms with E-state index in [0.717, 1.165) is 12.8 Å². The zero-order valence-electron chi connectivity index (χ0n) is 11.9. The number of hydrogen-bond acceptors (Lipinski definition) is 3. The lowest BCUT2D eigenvalue weighted by molar-refractivity contribution is 0.496. The maximum absolute atomic E-state index is 5.82. The van der Waals surface area contributed by atoms with Gasteiger partial charge in [-0.15, -0.1) is 11.8 Å². The highest BCUT2D eigenvalue weighted by molar-refractivity contribution is 7.99. The van der Waals surface area contributed by atoms with Gasteiger partial charge in [-0.2, -0.15) is 0 Å².